The molecule has 0 aromatic heterocycles. The van der Waals surface area contributed by atoms with Gasteiger partial charge in [-0.3, -0.25) is 4.79 Å². The summed E-state index contributed by atoms with van der Waals surface area (Å²) in [4.78, 5) is 14.6. The molecule has 2 saturated heterocycles. The molecule has 0 saturated carbocycles. The molecule has 3 rings (SSSR count). The molecule has 1 aromatic carbocycles. The minimum atomic E-state index is -0.286. The molecule has 5 nitrogen and oxygen atoms in total. The van der Waals surface area contributed by atoms with Crippen LogP contribution in [0.1, 0.15) is 18.4 Å². The summed E-state index contributed by atoms with van der Waals surface area (Å²) >= 11 is 0. The average molecular weight is 332 g/mol. The van der Waals surface area contributed by atoms with Crippen molar-refractivity contribution in [3.8, 4) is 0 Å². The molecular weight excluding hydrogens is 304 g/mol. The Bertz CT molecular complexity index is 523. The number of rotatable bonds is 7. The third-order valence-corrected chi connectivity index (χ3v) is 5.09. The first-order chi connectivity index (χ1) is 11.8. The van der Waals surface area contributed by atoms with Gasteiger partial charge in [-0.25, -0.2) is 0 Å². The van der Waals surface area contributed by atoms with Crippen LogP contribution in [0, 0.1) is 5.92 Å². The van der Waals surface area contributed by atoms with E-state index in [1.165, 1.54) is 5.56 Å². The molecule has 0 aliphatic carbocycles. The largest absolute Gasteiger partial charge is 0.383 e. The van der Waals surface area contributed by atoms with Crippen LogP contribution in [0.2, 0.25) is 0 Å². The van der Waals surface area contributed by atoms with Crippen molar-refractivity contribution >= 4 is 5.91 Å². The maximum atomic E-state index is 12.2. The number of piperidine rings is 1. The Morgan fingerprint density at radius 3 is 3.00 bits per heavy atom. The molecule has 24 heavy (non-hydrogen) atoms. The Labute approximate surface area is 144 Å². The monoisotopic (exact) mass is 332 g/mol. The quantitative estimate of drug-likeness (QED) is 0.768. The first kappa shape index (κ1) is 17.4. The molecule has 1 N–H and O–H groups in total. The number of ether oxygens (including phenoxy) is 2. The van der Waals surface area contributed by atoms with Gasteiger partial charge in [0.05, 0.1) is 12.7 Å². The number of hydrogen-bond donors (Lipinski definition) is 1. The molecule has 132 valence electrons. The van der Waals surface area contributed by atoms with Gasteiger partial charge in [0.2, 0.25) is 5.91 Å². The summed E-state index contributed by atoms with van der Waals surface area (Å²) in [6, 6.07) is 10.6. The topological polar surface area (TPSA) is 50.8 Å². The Morgan fingerprint density at radius 1 is 1.38 bits per heavy atom. The van der Waals surface area contributed by atoms with Crippen LogP contribution in [0.4, 0.5) is 0 Å². The van der Waals surface area contributed by atoms with Crippen molar-refractivity contribution in [3.05, 3.63) is 35.9 Å². The lowest BCUT2D eigenvalue weighted by Crippen LogP contribution is -2.43. The first-order valence-electron chi connectivity index (χ1n) is 8.94. The molecule has 2 heterocycles. The van der Waals surface area contributed by atoms with Gasteiger partial charge < -0.3 is 19.7 Å². The van der Waals surface area contributed by atoms with E-state index in [-0.39, 0.29) is 18.1 Å². The number of carbonyl (C=O) groups excluding carboxylic acids is 1. The number of hydrogen-bond acceptors (Lipinski definition) is 4. The van der Waals surface area contributed by atoms with Gasteiger partial charge in [0.15, 0.2) is 0 Å². The highest BCUT2D eigenvalue weighted by molar-refractivity contribution is 5.81. The van der Waals surface area contributed by atoms with Crippen LogP contribution >= 0.6 is 0 Å². The maximum absolute atomic E-state index is 12.2. The number of carbonyl (C=O) groups is 1. The van der Waals surface area contributed by atoms with Gasteiger partial charge >= 0.3 is 0 Å². The summed E-state index contributed by atoms with van der Waals surface area (Å²) < 4.78 is 11.0. The molecule has 2 fully saturated rings. The summed E-state index contributed by atoms with van der Waals surface area (Å²) in [7, 11) is 1.64. The minimum Gasteiger partial charge on any atom is -0.383 e. The van der Waals surface area contributed by atoms with Crippen molar-refractivity contribution in [2.75, 3.05) is 39.9 Å². The van der Waals surface area contributed by atoms with E-state index in [9.17, 15) is 4.79 Å². The molecule has 1 aromatic rings. The van der Waals surface area contributed by atoms with Crippen molar-refractivity contribution in [2.45, 2.75) is 31.5 Å². The second-order valence-electron chi connectivity index (χ2n) is 6.77. The van der Waals surface area contributed by atoms with E-state index in [0.717, 1.165) is 38.9 Å². The fraction of sp³-hybridized carbons (Fsp3) is 0.632. The highest BCUT2D eigenvalue weighted by atomic mass is 16.5. The van der Waals surface area contributed by atoms with Gasteiger partial charge in [-0.05, 0) is 37.3 Å². The Balaban J connectivity index is 1.43. The Hall–Kier alpha value is -1.43. The van der Waals surface area contributed by atoms with Crippen molar-refractivity contribution < 1.29 is 14.3 Å². The molecule has 2 aliphatic rings. The molecule has 1 amide bonds. The standard InChI is InChI=1S/C19H28N2O3/c1-23-12-9-20-19(22)17-13-16-8-11-21(14-18(16)24-17)10-7-15-5-3-2-4-6-15/h2-6,16-18H,7-14H2,1H3,(H,20,22)/t16-,17+,18-/m1/s1. The molecular formula is C19H28N2O3. The second kappa shape index (κ2) is 8.60. The third-order valence-electron chi connectivity index (χ3n) is 5.09. The summed E-state index contributed by atoms with van der Waals surface area (Å²) in [5.74, 6) is 0.536. The highest BCUT2D eigenvalue weighted by Crippen LogP contribution is 2.33. The predicted molar refractivity (Wildman–Crippen MR) is 92.9 cm³/mol. The summed E-state index contributed by atoms with van der Waals surface area (Å²) in [6.07, 6.45) is 2.97. The molecule has 0 spiro atoms. The normalized spacial score (nSPS) is 27.0. The predicted octanol–water partition coefficient (Wildman–Crippen LogP) is 1.47. The van der Waals surface area contributed by atoms with Crippen molar-refractivity contribution in [1.82, 2.24) is 10.2 Å². The van der Waals surface area contributed by atoms with E-state index in [2.05, 4.69) is 40.5 Å². The maximum Gasteiger partial charge on any atom is 0.249 e. The van der Waals surface area contributed by atoms with Crippen LogP contribution in [0.25, 0.3) is 0 Å². The summed E-state index contributed by atoms with van der Waals surface area (Å²) in [6.45, 7) is 4.20. The highest BCUT2D eigenvalue weighted by Gasteiger charge is 2.41. The van der Waals surface area contributed by atoms with E-state index in [1.807, 2.05) is 0 Å². The molecule has 0 radical (unpaired) electrons. The zero-order valence-electron chi connectivity index (χ0n) is 14.4. The van der Waals surface area contributed by atoms with Gasteiger partial charge in [0.25, 0.3) is 0 Å². The van der Waals surface area contributed by atoms with Gasteiger partial charge in [-0.2, -0.15) is 0 Å². The van der Waals surface area contributed by atoms with Crippen LogP contribution in [0.5, 0.6) is 0 Å². The van der Waals surface area contributed by atoms with Gasteiger partial charge in [-0.1, -0.05) is 30.3 Å². The van der Waals surface area contributed by atoms with Crippen molar-refractivity contribution in [1.29, 1.82) is 0 Å². The second-order valence-corrected chi connectivity index (χ2v) is 6.77. The molecule has 0 unspecified atom stereocenters. The fourth-order valence-corrected chi connectivity index (χ4v) is 3.69. The van der Waals surface area contributed by atoms with Crippen LogP contribution in [0.15, 0.2) is 30.3 Å². The Morgan fingerprint density at radius 2 is 2.21 bits per heavy atom. The number of nitrogens with one attached hydrogen (secondary N) is 1. The lowest BCUT2D eigenvalue weighted by Gasteiger charge is -2.34. The lowest BCUT2D eigenvalue weighted by atomic mass is 9.91. The van der Waals surface area contributed by atoms with Crippen molar-refractivity contribution in [2.24, 2.45) is 5.92 Å². The van der Waals surface area contributed by atoms with Crippen LogP contribution in [0.3, 0.4) is 0 Å². The Kier molecular flexibility index (Phi) is 6.24. The molecule has 3 atom stereocenters. The van der Waals surface area contributed by atoms with E-state index in [0.29, 0.717) is 19.1 Å². The molecule has 5 heteroatoms. The van der Waals surface area contributed by atoms with E-state index >= 15 is 0 Å². The number of likely N-dealkylation sites (tertiary alicyclic amines) is 1. The van der Waals surface area contributed by atoms with Crippen LogP contribution in [-0.4, -0.2) is 62.9 Å². The van der Waals surface area contributed by atoms with Gasteiger partial charge in [0.1, 0.15) is 6.10 Å². The number of benzene rings is 1. The lowest BCUT2D eigenvalue weighted by molar-refractivity contribution is -0.133. The minimum absolute atomic E-state index is 0.0114. The van der Waals surface area contributed by atoms with E-state index in [4.69, 9.17) is 9.47 Å². The number of methoxy groups -OCH3 is 1. The summed E-state index contributed by atoms with van der Waals surface area (Å²) in [5.41, 5.74) is 1.38. The molecule has 2 aliphatic heterocycles. The zero-order valence-corrected chi connectivity index (χ0v) is 14.4. The SMILES string of the molecule is COCCNC(=O)[C@@H]1C[C@H]2CCN(CCc3ccccc3)C[C@H]2O1. The van der Waals surface area contributed by atoms with Crippen LogP contribution in [-0.2, 0) is 20.7 Å². The fourth-order valence-electron chi connectivity index (χ4n) is 3.69. The number of fused-ring (bicyclic) bond motifs is 1. The van der Waals surface area contributed by atoms with Crippen molar-refractivity contribution in [3.63, 3.8) is 0 Å². The number of nitrogens with zero attached hydrogens (tertiary/aromatic N) is 1. The van der Waals surface area contributed by atoms with E-state index in [1.54, 1.807) is 7.11 Å². The van der Waals surface area contributed by atoms with Crippen LogP contribution < -0.4 is 5.32 Å². The average Bonchev–Trinajstić information content (AvgIpc) is 3.04. The first-order valence-corrected chi connectivity index (χ1v) is 8.94. The zero-order chi connectivity index (χ0) is 16.8. The number of amides is 1. The third kappa shape index (κ3) is 4.56. The van der Waals surface area contributed by atoms with E-state index < -0.39 is 0 Å². The van der Waals surface area contributed by atoms with Gasteiger partial charge in [-0.15, -0.1) is 0 Å². The molecule has 0 bridgehead atoms. The smallest absolute Gasteiger partial charge is 0.249 e. The van der Waals surface area contributed by atoms with Gasteiger partial charge in [0, 0.05) is 26.7 Å². The summed E-state index contributed by atoms with van der Waals surface area (Å²) in [5, 5.41) is 2.89.